The van der Waals surface area contributed by atoms with E-state index in [1.54, 1.807) is 12.1 Å². The lowest BCUT2D eigenvalue weighted by Gasteiger charge is -2.07. The Morgan fingerprint density at radius 2 is 1.50 bits per heavy atom. The number of hydrogen-bond donors (Lipinski definition) is 1. The number of unbranched alkanes of at least 4 members (excludes halogenated alkanes) is 2. The lowest BCUT2D eigenvalue weighted by Crippen LogP contribution is -2.20. The molecule has 0 radical (unpaired) electrons. The molecule has 1 N–H and O–H groups in total. The fourth-order valence-corrected chi connectivity index (χ4v) is 2.21. The van der Waals surface area contributed by atoms with Gasteiger partial charge in [-0.25, -0.2) is 5.43 Å². The molecule has 0 bridgehead atoms. The van der Waals surface area contributed by atoms with Crippen LogP contribution in [0.25, 0.3) is 0 Å². The highest BCUT2D eigenvalue weighted by molar-refractivity contribution is 6.02. The Labute approximate surface area is 132 Å². The van der Waals surface area contributed by atoms with Gasteiger partial charge in [0.2, 0.25) is 0 Å². The number of nitrogens with one attached hydrogen (secondary N) is 1. The van der Waals surface area contributed by atoms with Crippen molar-refractivity contribution in [3.8, 4) is 0 Å². The van der Waals surface area contributed by atoms with Crippen molar-refractivity contribution in [1.29, 1.82) is 0 Å². The average molecular weight is 294 g/mol. The summed E-state index contributed by atoms with van der Waals surface area (Å²) in [5.74, 6) is -0.176. The first-order valence-corrected chi connectivity index (χ1v) is 7.78. The van der Waals surface area contributed by atoms with Gasteiger partial charge in [-0.2, -0.15) is 5.10 Å². The first-order valence-electron chi connectivity index (χ1n) is 7.78. The maximum absolute atomic E-state index is 12.1. The fraction of sp³-hybridized carbons (Fsp3) is 0.263. The number of hydrazone groups is 1. The maximum atomic E-state index is 12.1. The van der Waals surface area contributed by atoms with Crippen molar-refractivity contribution < 1.29 is 4.79 Å². The summed E-state index contributed by atoms with van der Waals surface area (Å²) in [5, 5.41) is 4.36. The second-order valence-corrected chi connectivity index (χ2v) is 5.19. The topological polar surface area (TPSA) is 41.5 Å². The molecule has 114 valence electrons. The molecule has 0 fully saturated rings. The average Bonchev–Trinajstić information content (AvgIpc) is 2.59. The minimum Gasteiger partial charge on any atom is -0.267 e. The van der Waals surface area contributed by atoms with Crippen molar-refractivity contribution in [1.82, 2.24) is 5.43 Å². The van der Waals surface area contributed by atoms with E-state index in [0.717, 1.165) is 24.1 Å². The minimum atomic E-state index is -0.176. The highest BCUT2D eigenvalue weighted by Gasteiger charge is 2.06. The van der Waals surface area contributed by atoms with Crippen LogP contribution < -0.4 is 5.43 Å². The van der Waals surface area contributed by atoms with E-state index < -0.39 is 0 Å². The van der Waals surface area contributed by atoms with Gasteiger partial charge in [0.25, 0.3) is 5.91 Å². The van der Waals surface area contributed by atoms with Crippen molar-refractivity contribution in [3.63, 3.8) is 0 Å². The van der Waals surface area contributed by atoms with E-state index in [0.29, 0.717) is 5.56 Å². The lowest BCUT2D eigenvalue weighted by atomic mass is 10.0. The number of hydrogen-bond acceptors (Lipinski definition) is 2. The van der Waals surface area contributed by atoms with Crippen molar-refractivity contribution >= 4 is 11.6 Å². The number of carbonyl (C=O) groups excluding carboxylic acids is 1. The largest absolute Gasteiger partial charge is 0.271 e. The monoisotopic (exact) mass is 294 g/mol. The summed E-state index contributed by atoms with van der Waals surface area (Å²) >= 11 is 0. The number of rotatable bonds is 7. The van der Waals surface area contributed by atoms with Gasteiger partial charge in [-0.1, -0.05) is 68.3 Å². The Morgan fingerprint density at radius 1 is 0.909 bits per heavy atom. The molecule has 2 aromatic rings. The summed E-state index contributed by atoms with van der Waals surface area (Å²) < 4.78 is 0. The minimum absolute atomic E-state index is 0.176. The summed E-state index contributed by atoms with van der Waals surface area (Å²) in [6.07, 6.45) is 4.27. The van der Waals surface area contributed by atoms with Crippen LogP contribution in [0.2, 0.25) is 0 Å². The highest BCUT2D eigenvalue weighted by Crippen LogP contribution is 2.09. The van der Waals surface area contributed by atoms with Crippen molar-refractivity contribution in [3.05, 3.63) is 71.8 Å². The molecule has 0 aliphatic rings. The Balaban J connectivity index is 2.09. The van der Waals surface area contributed by atoms with Crippen LogP contribution in [0.5, 0.6) is 0 Å². The van der Waals surface area contributed by atoms with E-state index in [1.807, 2.05) is 48.5 Å². The molecule has 3 nitrogen and oxygen atoms in total. The van der Waals surface area contributed by atoms with E-state index in [9.17, 15) is 4.79 Å². The number of carbonyl (C=O) groups is 1. The van der Waals surface area contributed by atoms with Gasteiger partial charge in [-0.15, -0.1) is 0 Å². The zero-order valence-electron chi connectivity index (χ0n) is 13.0. The molecule has 3 heteroatoms. The third kappa shape index (κ3) is 4.85. The zero-order chi connectivity index (χ0) is 15.6. The molecule has 0 heterocycles. The SMILES string of the molecule is CCCCCC(=NNC(=O)c1ccccc1)c1ccccc1. The number of benzene rings is 2. The predicted molar refractivity (Wildman–Crippen MR) is 91.0 cm³/mol. The van der Waals surface area contributed by atoms with Gasteiger partial charge in [0.05, 0.1) is 5.71 Å². The molecule has 0 aromatic heterocycles. The van der Waals surface area contributed by atoms with Crippen LogP contribution in [0.3, 0.4) is 0 Å². The Bertz CT molecular complexity index is 606. The van der Waals surface area contributed by atoms with Gasteiger partial charge >= 0.3 is 0 Å². The molecule has 0 aliphatic heterocycles. The molecule has 0 aliphatic carbocycles. The molecule has 0 saturated carbocycles. The molecular formula is C19H22N2O. The van der Waals surface area contributed by atoms with Crippen LogP contribution >= 0.6 is 0 Å². The van der Waals surface area contributed by atoms with E-state index in [4.69, 9.17) is 0 Å². The first-order chi connectivity index (χ1) is 10.8. The number of nitrogens with zero attached hydrogens (tertiary/aromatic N) is 1. The van der Waals surface area contributed by atoms with Crippen molar-refractivity contribution in [2.24, 2.45) is 5.10 Å². The predicted octanol–water partition coefficient (Wildman–Crippen LogP) is 4.40. The van der Waals surface area contributed by atoms with Crippen LogP contribution in [0.4, 0.5) is 0 Å². The molecule has 0 unspecified atom stereocenters. The Hall–Kier alpha value is -2.42. The molecule has 0 spiro atoms. The zero-order valence-corrected chi connectivity index (χ0v) is 13.0. The highest BCUT2D eigenvalue weighted by atomic mass is 16.2. The van der Waals surface area contributed by atoms with E-state index in [2.05, 4.69) is 17.5 Å². The molecular weight excluding hydrogens is 272 g/mol. The van der Waals surface area contributed by atoms with Crippen LogP contribution in [-0.2, 0) is 0 Å². The van der Waals surface area contributed by atoms with E-state index in [1.165, 1.54) is 12.8 Å². The normalized spacial score (nSPS) is 11.2. The first kappa shape index (κ1) is 16.0. The molecule has 1 amide bonds. The third-order valence-corrected chi connectivity index (χ3v) is 3.45. The summed E-state index contributed by atoms with van der Waals surface area (Å²) in [4.78, 5) is 12.1. The third-order valence-electron chi connectivity index (χ3n) is 3.45. The van der Waals surface area contributed by atoms with E-state index in [-0.39, 0.29) is 5.91 Å². The molecule has 22 heavy (non-hydrogen) atoms. The summed E-state index contributed by atoms with van der Waals surface area (Å²) in [6, 6.07) is 19.2. The Kier molecular flexibility index (Phi) is 6.37. The van der Waals surface area contributed by atoms with Crippen LogP contribution in [0.15, 0.2) is 65.8 Å². The van der Waals surface area contributed by atoms with Crippen molar-refractivity contribution in [2.75, 3.05) is 0 Å². The van der Waals surface area contributed by atoms with Crippen LogP contribution in [0.1, 0.15) is 48.5 Å². The van der Waals surface area contributed by atoms with Crippen molar-refractivity contribution in [2.45, 2.75) is 32.6 Å². The van der Waals surface area contributed by atoms with Crippen LogP contribution in [0, 0.1) is 0 Å². The van der Waals surface area contributed by atoms with E-state index >= 15 is 0 Å². The van der Waals surface area contributed by atoms with Gasteiger partial charge in [0.1, 0.15) is 0 Å². The summed E-state index contributed by atoms with van der Waals surface area (Å²) in [5.41, 5.74) is 5.28. The fourth-order valence-electron chi connectivity index (χ4n) is 2.21. The standard InChI is InChI=1S/C19H22N2O/c1-2-3-6-15-18(16-11-7-4-8-12-16)20-21-19(22)17-13-9-5-10-14-17/h4-5,7-14H,2-3,6,15H2,1H3,(H,21,22). The molecule has 2 aromatic carbocycles. The smallest absolute Gasteiger partial charge is 0.267 e. The van der Waals surface area contributed by atoms with Crippen LogP contribution in [-0.4, -0.2) is 11.6 Å². The van der Waals surface area contributed by atoms with Gasteiger partial charge < -0.3 is 0 Å². The van der Waals surface area contributed by atoms with Gasteiger partial charge in [0, 0.05) is 5.56 Å². The molecule has 0 atom stereocenters. The lowest BCUT2D eigenvalue weighted by molar-refractivity contribution is 0.0955. The summed E-state index contributed by atoms with van der Waals surface area (Å²) in [6.45, 7) is 2.18. The number of amides is 1. The van der Waals surface area contributed by atoms with Gasteiger partial charge in [0.15, 0.2) is 0 Å². The van der Waals surface area contributed by atoms with Gasteiger partial charge in [-0.05, 0) is 30.5 Å². The molecule has 0 saturated heterocycles. The molecule has 2 rings (SSSR count). The maximum Gasteiger partial charge on any atom is 0.271 e. The second kappa shape index (κ2) is 8.78. The summed E-state index contributed by atoms with van der Waals surface area (Å²) in [7, 11) is 0. The quantitative estimate of drug-likeness (QED) is 0.459. The Morgan fingerprint density at radius 3 is 2.09 bits per heavy atom. The van der Waals surface area contributed by atoms with Gasteiger partial charge in [-0.3, -0.25) is 4.79 Å². The second-order valence-electron chi connectivity index (χ2n) is 5.19.